The van der Waals surface area contributed by atoms with E-state index < -0.39 is 11.9 Å². The van der Waals surface area contributed by atoms with Gasteiger partial charge in [0.15, 0.2) is 0 Å². The third-order valence-electron chi connectivity index (χ3n) is 3.40. The molecular weight excluding hydrogens is 287 g/mol. The van der Waals surface area contributed by atoms with Crippen LogP contribution in [-0.2, 0) is 16.6 Å². The molecule has 6 heteroatoms. The number of aromatic nitrogens is 1. The number of halogens is 1. The van der Waals surface area contributed by atoms with Gasteiger partial charge in [0.2, 0.25) is 0 Å². The minimum atomic E-state index is -0.685. The number of nitrogens with zero attached hydrogens (tertiary/aromatic N) is 1. The first-order valence-corrected chi connectivity index (χ1v) is 6.75. The fourth-order valence-corrected chi connectivity index (χ4v) is 2.16. The third-order valence-corrected chi connectivity index (χ3v) is 3.40. The molecule has 116 valence electrons. The number of aryl methyl sites for hydroxylation is 1. The van der Waals surface area contributed by atoms with Gasteiger partial charge >= 0.3 is 5.97 Å². The molecule has 1 N–H and O–H groups in total. The smallest absolute Gasteiger partial charge is 0.314 e. The van der Waals surface area contributed by atoms with Crippen molar-refractivity contribution in [3.8, 4) is 0 Å². The number of nitrogens with one attached hydrogen (secondary N) is 1. The number of hydrogen-bond acceptors (Lipinski definition) is 3. The lowest BCUT2D eigenvalue weighted by Gasteiger charge is -2.16. The van der Waals surface area contributed by atoms with E-state index in [2.05, 4.69) is 5.32 Å². The van der Waals surface area contributed by atoms with Gasteiger partial charge in [-0.15, -0.1) is 0 Å². The van der Waals surface area contributed by atoms with E-state index in [1.807, 2.05) is 0 Å². The van der Waals surface area contributed by atoms with Gasteiger partial charge in [0, 0.05) is 19.8 Å². The second-order valence-corrected chi connectivity index (χ2v) is 4.84. The summed E-state index contributed by atoms with van der Waals surface area (Å²) >= 11 is 0. The van der Waals surface area contributed by atoms with Gasteiger partial charge in [-0.05, 0) is 29.8 Å². The maximum absolute atomic E-state index is 13.0. The molecular formula is C16H17FN2O3. The predicted molar refractivity (Wildman–Crippen MR) is 78.9 cm³/mol. The summed E-state index contributed by atoms with van der Waals surface area (Å²) in [5, 5.41) is 2.70. The summed E-state index contributed by atoms with van der Waals surface area (Å²) in [5.41, 5.74) is 1.07. The summed E-state index contributed by atoms with van der Waals surface area (Å²) in [6, 6.07) is 8.98. The van der Waals surface area contributed by atoms with Crippen molar-refractivity contribution in [1.29, 1.82) is 0 Å². The Labute approximate surface area is 127 Å². The summed E-state index contributed by atoms with van der Waals surface area (Å²) in [5.74, 6) is -1.85. The molecule has 22 heavy (non-hydrogen) atoms. The number of ether oxygens (including phenoxy) is 1. The zero-order chi connectivity index (χ0) is 16.1. The highest BCUT2D eigenvalue weighted by molar-refractivity contribution is 5.93. The predicted octanol–water partition coefficient (Wildman–Crippen LogP) is 1.85. The molecule has 0 aliphatic heterocycles. The zero-order valence-electron chi connectivity index (χ0n) is 12.4. The molecule has 0 saturated carbocycles. The van der Waals surface area contributed by atoms with E-state index in [0.717, 1.165) is 0 Å². The third kappa shape index (κ3) is 3.52. The van der Waals surface area contributed by atoms with E-state index in [1.165, 1.54) is 31.4 Å². The molecule has 0 fully saturated rings. The van der Waals surface area contributed by atoms with Gasteiger partial charge < -0.3 is 14.6 Å². The Morgan fingerprint density at radius 2 is 1.95 bits per heavy atom. The lowest BCUT2D eigenvalue weighted by molar-refractivity contribution is -0.142. The van der Waals surface area contributed by atoms with E-state index in [9.17, 15) is 14.0 Å². The van der Waals surface area contributed by atoms with Crippen molar-refractivity contribution < 1.29 is 18.7 Å². The Bertz CT molecular complexity index is 664. The molecule has 2 aromatic rings. The van der Waals surface area contributed by atoms with Gasteiger partial charge in [-0.3, -0.25) is 9.59 Å². The molecule has 1 amide bonds. The van der Waals surface area contributed by atoms with Crippen molar-refractivity contribution in [1.82, 2.24) is 9.88 Å². The number of benzene rings is 1. The van der Waals surface area contributed by atoms with Crippen LogP contribution in [0.3, 0.4) is 0 Å². The van der Waals surface area contributed by atoms with Crippen LogP contribution >= 0.6 is 0 Å². The number of methoxy groups -OCH3 is 1. The highest BCUT2D eigenvalue weighted by Crippen LogP contribution is 2.17. The van der Waals surface area contributed by atoms with Crippen LogP contribution in [0, 0.1) is 5.82 Å². The van der Waals surface area contributed by atoms with Crippen molar-refractivity contribution in [2.45, 2.75) is 5.92 Å². The van der Waals surface area contributed by atoms with Crippen molar-refractivity contribution in [2.24, 2.45) is 7.05 Å². The number of amides is 1. The zero-order valence-corrected chi connectivity index (χ0v) is 12.4. The molecule has 1 atom stereocenters. The van der Waals surface area contributed by atoms with Crippen LogP contribution in [-0.4, -0.2) is 30.1 Å². The molecule has 0 bridgehead atoms. The maximum Gasteiger partial charge on any atom is 0.314 e. The molecule has 2 rings (SSSR count). The van der Waals surface area contributed by atoms with E-state index >= 15 is 0 Å². The summed E-state index contributed by atoms with van der Waals surface area (Å²) in [4.78, 5) is 24.0. The second kappa shape index (κ2) is 6.89. The fraction of sp³-hybridized carbons (Fsp3) is 0.250. The standard InChI is InChI=1S/C16H17FN2O3/c1-19-9-3-4-14(19)15(20)18-10-13(16(21)22-2)11-5-7-12(17)8-6-11/h3-9,13H,10H2,1-2H3,(H,18,20). The minimum Gasteiger partial charge on any atom is -0.468 e. The molecule has 0 aliphatic rings. The average molecular weight is 304 g/mol. The minimum absolute atomic E-state index is 0.0717. The normalized spacial score (nSPS) is 11.8. The Balaban J connectivity index is 2.11. The number of carbonyl (C=O) groups excluding carboxylic acids is 2. The molecule has 1 unspecified atom stereocenters. The molecule has 5 nitrogen and oxygen atoms in total. The largest absolute Gasteiger partial charge is 0.468 e. The molecule has 0 radical (unpaired) electrons. The lowest BCUT2D eigenvalue weighted by Crippen LogP contribution is -2.33. The van der Waals surface area contributed by atoms with Crippen LogP contribution in [0.25, 0.3) is 0 Å². The first-order chi connectivity index (χ1) is 10.5. The summed E-state index contributed by atoms with van der Waals surface area (Å²) in [7, 11) is 3.03. The first-order valence-electron chi connectivity index (χ1n) is 6.75. The van der Waals surface area contributed by atoms with Crippen LogP contribution in [0.4, 0.5) is 4.39 Å². The molecule has 0 saturated heterocycles. The quantitative estimate of drug-likeness (QED) is 0.858. The van der Waals surface area contributed by atoms with Gasteiger partial charge in [-0.2, -0.15) is 0 Å². The Morgan fingerprint density at radius 3 is 2.50 bits per heavy atom. The van der Waals surface area contributed by atoms with Crippen LogP contribution in [0.5, 0.6) is 0 Å². The molecule has 0 spiro atoms. The molecule has 1 aromatic heterocycles. The van der Waals surface area contributed by atoms with E-state index in [0.29, 0.717) is 11.3 Å². The summed E-state index contributed by atoms with van der Waals surface area (Å²) in [6.07, 6.45) is 1.76. The molecule has 0 aliphatic carbocycles. The van der Waals surface area contributed by atoms with E-state index in [1.54, 1.807) is 29.9 Å². The highest BCUT2D eigenvalue weighted by atomic mass is 19.1. The van der Waals surface area contributed by atoms with Crippen LogP contribution in [0.15, 0.2) is 42.6 Å². The SMILES string of the molecule is COC(=O)C(CNC(=O)c1cccn1C)c1ccc(F)cc1. The summed E-state index contributed by atoms with van der Waals surface area (Å²) in [6.45, 7) is 0.0717. The van der Waals surface area contributed by atoms with Crippen molar-refractivity contribution in [3.63, 3.8) is 0 Å². The second-order valence-electron chi connectivity index (χ2n) is 4.84. The number of carbonyl (C=O) groups is 2. The van der Waals surface area contributed by atoms with E-state index in [-0.39, 0.29) is 18.3 Å². The first kappa shape index (κ1) is 15.8. The number of hydrogen-bond donors (Lipinski definition) is 1. The van der Waals surface area contributed by atoms with Crippen molar-refractivity contribution in [3.05, 3.63) is 59.7 Å². The monoisotopic (exact) mass is 304 g/mol. The van der Waals surface area contributed by atoms with Gasteiger partial charge in [0.05, 0.1) is 13.0 Å². The van der Waals surface area contributed by atoms with Crippen molar-refractivity contribution in [2.75, 3.05) is 13.7 Å². The topological polar surface area (TPSA) is 60.3 Å². The average Bonchev–Trinajstić information content (AvgIpc) is 2.94. The van der Waals surface area contributed by atoms with Crippen LogP contribution in [0.1, 0.15) is 22.0 Å². The van der Waals surface area contributed by atoms with E-state index in [4.69, 9.17) is 4.74 Å². The summed E-state index contributed by atoms with van der Waals surface area (Å²) < 4.78 is 19.4. The Kier molecular flexibility index (Phi) is 4.93. The number of esters is 1. The molecule has 1 aromatic carbocycles. The fourth-order valence-electron chi connectivity index (χ4n) is 2.16. The van der Waals surface area contributed by atoms with Gasteiger partial charge in [-0.25, -0.2) is 4.39 Å². The Hall–Kier alpha value is -2.63. The Morgan fingerprint density at radius 1 is 1.27 bits per heavy atom. The van der Waals surface area contributed by atoms with Crippen LogP contribution in [0.2, 0.25) is 0 Å². The number of rotatable bonds is 5. The highest BCUT2D eigenvalue weighted by Gasteiger charge is 2.23. The van der Waals surface area contributed by atoms with Crippen molar-refractivity contribution >= 4 is 11.9 Å². The maximum atomic E-state index is 13.0. The van der Waals surface area contributed by atoms with Crippen LogP contribution < -0.4 is 5.32 Å². The van der Waals surface area contributed by atoms with Gasteiger partial charge in [0.25, 0.3) is 5.91 Å². The lowest BCUT2D eigenvalue weighted by atomic mass is 9.99. The van der Waals surface area contributed by atoms with Gasteiger partial charge in [0.1, 0.15) is 11.5 Å². The molecule has 1 heterocycles. The van der Waals surface area contributed by atoms with Gasteiger partial charge in [-0.1, -0.05) is 12.1 Å².